The normalized spacial score (nSPS) is 14.9. The second-order valence-corrected chi connectivity index (χ2v) is 9.24. The molecule has 0 bridgehead atoms. The van der Waals surface area contributed by atoms with Crippen molar-refractivity contribution in [2.24, 2.45) is 0 Å². The van der Waals surface area contributed by atoms with Crippen LogP contribution in [0.3, 0.4) is 0 Å². The number of hydrogen-bond acceptors (Lipinski definition) is 7. The average Bonchev–Trinajstić information content (AvgIpc) is 3.04. The van der Waals surface area contributed by atoms with E-state index in [9.17, 15) is 9.59 Å². The monoisotopic (exact) mass is 508 g/mol. The quantitative estimate of drug-likeness (QED) is 0.462. The van der Waals surface area contributed by atoms with E-state index in [1.165, 1.54) is 0 Å². The summed E-state index contributed by atoms with van der Waals surface area (Å²) in [6.07, 6.45) is 0.188. The van der Waals surface area contributed by atoms with Crippen molar-refractivity contribution < 1.29 is 28.5 Å². The van der Waals surface area contributed by atoms with E-state index in [1.807, 2.05) is 36.4 Å². The Labute approximate surface area is 214 Å². The number of hydrogen-bond donors (Lipinski definition) is 1. The molecule has 0 aromatic heterocycles. The Kier molecular flexibility index (Phi) is 7.90. The zero-order valence-corrected chi connectivity index (χ0v) is 21.4. The van der Waals surface area contributed by atoms with E-state index in [4.69, 9.17) is 18.9 Å². The Balaban J connectivity index is 1.61. The van der Waals surface area contributed by atoms with E-state index in [0.717, 1.165) is 10.5 Å². The molecule has 0 saturated heterocycles. The minimum absolute atomic E-state index is 0.107. The maximum atomic E-state index is 13.5. The highest BCUT2D eigenvalue weighted by Gasteiger charge is 2.31. The Morgan fingerprint density at radius 1 is 0.944 bits per heavy atom. The number of methoxy groups -OCH3 is 4. The molecule has 0 saturated carbocycles. The molecular formula is C27H28N2O6S. The maximum Gasteiger partial charge on any atom is 0.244 e. The number of rotatable bonds is 8. The minimum Gasteiger partial charge on any atom is -0.497 e. The van der Waals surface area contributed by atoms with Gasteiger partial charge in [-0.2, -0.15) is 0 Å². The van der Waals surface area contributed by atoms with Gasteiger partial charge in [-0.05, 0) is 54.1 Å². The lowest BCUT2D eigenvalue weighted by Crippen LogP contribution is -2.38. The molecule has 1 heterocycles. The van der Waals surface area contributed by atoms with Gasteiger partial charge in [-0.25, -0.2) is 0 Å². The topological polar surface area (TPSA) is 86.3 Å². The molecular weight excluding hydrogens is 480 g/mol. The lowest BCUT2D eigenvalue weighted by atomic mass is 10.1. The summed E-state index contributed by atoms with van der Waals surface area (Å²) in [5, 5.41) is 2.64. The lowest BCUT2D eigenvalue weighted by molar-refractivity contribution is -0.121. The van der Waals surface area contributed by atoms with Crippen molar-refractivity contribution in [1.82, 2.24) is 0 Å². The number of thioether (sulfide) groups is 1. The molecule has 1 atom stereocenters. The van der Waals surface area contributed by atoms with E-state index in [-0.39, 0.29) is 30.0 Å². The van der Waals surface area contributed by atoms with Gasteiger partial charge in [0.2, 0.25) is 17.6 Å². The lowest BCUT2D eigenvalue weighted by Gasteiger charge is -2.22. The number of carbonyl (C=O) groups excluding carboxylic acids is 2. The Morgan fingerprint density at radius 2 is 1.61 bits per heavy atom. The molecule has 1 aliphatic heterocycles. The van der Waals surface area contributed by atoms with Gasteiger partial charge in [0.05, 0.1) is 34.1 Å². The van der Waals surface area contributed by atoms with Crippen molar-refractivity contribution in [2.75, 3.05) is 45.2 Å². The van der Waals surface area contributed by atoms with Crippen LogP contribution in [0.25, 0.3) is 0 Å². The summed E-state index contributed by atoms with van der Waals surface area (Å²) >= 11 is 1.57. The van der Waals surface area contributed by atoms with Gasteiger partial charge in [-0.1, -0.05) is 12.1 Å². The fraction of sp³-hybridized carbons (Fsp3) is 0.259. The van der Waals surface area contributed by atoms with Crippen molar-refractivity contribution >= 4 is 35.0 Å². The van der Waals surface area contributed by atoms with Crippen LogP contribution in [0.4, 0.5) is 11.4 Å². The van der Waals surface area contributed by atoms with E-state index < -0.39 is 0 Å². The number of fused-ring (bicyclic) bond motifs is 1. The Bertz CT molecular complexity index is 1220. The zero-order chi connectivity index (χ0) is 25.7. The number of anilines is 2. The van der Waals surface area contributed by atoms with E-state index in [1.54, 1.807) is 69.4 Å². The standard InChI is InChI=1S/C27H28N2O6S/c1-32-19-11-9-18(10-12-19)28-25(30)16-29-20-7-5-6-8-23(20)36-24(15-26(29)31)17-13-21(33-2)27(35-4)22(14-17)34-3/h5-14,24H,15-16H2,1-4H3,(H,28,30)/t24-/m1/s1. The third-order valence-electron chi connectivity index (χ3n) is 5.82. The largest absolute Gasteiger partial charge is 0.497 e. The third kappa shape index (κ3) is 5.36. The number of para-hydroxylation sites is 1. The molecule has 3 aromatic rings. The van der Waals surface area contributed by atoms with Gasteiger partial charge in [0.25, 0.3) is 0 Å². The van der Waals surface area contributed by atoms with Gasteiger partial charge in [0.1, 0.15) is 12.3 Å². The van der Waals surface area contributed by atoms with Crippen LogP contribution in [0.2, 0.25) is 0 Å². The number of benzene rings is 3. The molecule has 8 nitrogen and oxygen atoms in total. The van der Waals surface area contributed by atoms with Gasteiger partial charge < -0.3 is 29.2 Å². The third-order valence-corrected chi connectivity index (χ3v) is 7.14. The Hall–Kier alpha value is -3.85. The summed E-state index contributed by atoms with van der Waals surface area (Å²) in [4.78, 5) is 28.8. The van der Waals surface area contributed by atoms with Crippen LogP contribution < -0.4 is 29.2 Å². The molecule has 0 unspecified atom stereocenters. The van der Waals surface area contributed by atoms with Gasteiger partial charge in [0.15, 0.2) is 11.5 Å². The predicted octanol–water partition coefficient (Wildman–Crippen LogP) is 4.93. The van der Waals surface area contributed by atoms with E-state index in [2.05, 4.69) is 5.32 Å². The molecule has 1 N–H and O–H groups in total. The highest BCUT2D eigenvalue weighted by atomic mass is 32.2. The molecule has 0 aliphatic carbocycles. The van der Waals surface area contributed by atoms with Gasteiger partial charge in [-0.3, -0.25) is 9.59 Å². The SMILES string of the molecule is COc1ccc(NC(=O)CN2C(=O)C[C@H](c3cc(OC)c(OC)c(OC)c3)Sc3ccccc32)cc1. The first-order chi connectivity index (χ1) is 17.5. The summed E-state index contributed by atoms with van der Waals surface area (Å²) in [7, 11) is 6.25. The van der Waals surface area contributed by atoms with Crippen LogP contribution in [-0.4, -0.2) is 46.8 Å². The van der Waals surface area contributed by atoms with Crippen LogP contribution in [0.15, 0.2) is 65.6 Å². The number of amides is 2. The van der Waals surface area contributed by atoms with Crippen molar-refractivity contribution in [1.29, 1.82) is 0 Å². The first-order valence-electron chi connectivity index (χ1n) is 11.3. The van der Waals surface area contributed by atoms with Crippen LogP contribution >= 0.6 is 11.8 Å². The number of nitrogens with one attached hydrogen (secondary N) is 1. The molecule has 3 aromatic carbocycles. The molecule has 188 valence electrons. The van der Waals surface area contributed by atoms with Crippen molar-refractivity contribution in [3.63, 3.8) is 0 Å². The minimum atomic E-state index is -0.292. The first kappa shape index (κ1) is 25.2. The summed E-state index contributed by atoms with van der Waals surface area (Å²) in [6, 6.07) is 18.4. The summed E-state index contributed by atoms with van der Waals surface area (Å²) in [6.45, 7) is -0.107. The van der Waals surface area contributed by atoms with Crippen LogP contribution in [-0.2, 0) is 9.59 Å². The zero-order valence-electron chi connectivity index (χ0n) is 20.6. The molecule has 0 fully saturated rings. The molecule has 1 aliphatic rings. The summed E-state index contributed by atoms with van der Waals surface area (Å²) < 4.78 is 21.6. The smallest absolute Gasteiger partial charge is 0.244 e. The Morgan fingerprint density at radius 3 is 2.22 bits per heavy atom. The second kappa shape index (κ2) is 11.3. The molecule has 2 amide bonds. The van der Waals surface area contributed by atoms with Crippen molar-refractivity contribution in [3.05, 3.63) is 66.2 Å². The van der Waals surface area contributed by atoms with Gasteiger partial charge in [-0.15, -0.1) is 11.8 Å². The van der Waals surface area contributed by atoms with E-state index >= 15 is 0 Å². The molecule has 36 heavy (non-hydrogen) atoms. The fourth-order valence-corrected chi connectivity index (χ4v) is 5.30. The maximum absolute atomic E-state index is 13.5. The van der Waals surface area contributed by atoms with Crippen LogP contribution in [0, 0.1) is 0 Å². The van der Waals surface area contributed by atoms with Gasteiger partial charge in [0, 0.05) is 22.3 Å². The van der Waals surface area contributed by atoms with Crippen molar-refractivity contribution in [2.45, 2.75) is 16.6 Å². The van der Waals surface area contributed by atoms with E-state index in [0.29, 0.717) is 34.4 Å². The first-order valence-corrected chi connectivity index (χ1v) is 12.1. The predicted molar refractivity (Wildman–Crippen MR) is 140 cm³/mol. The molecule has 0 spiro atoms. The van der Waals surface area contributed by atoms with Gasteiger partial charge >= 0.3 is 0 Å². The highest BCUT2D eigenvalue weighted by Crippen LogP contribution is 2.49. The highest BCUT2D eigenvalue weighted by molar-refractivity contribution is 7.99. The number of ether oxygens (including phenoxy) is 4. The molecule has 0 radical (unpaired) electrons. The summed E-state index contributed by atoms with van der Waals surface area (Å²) in [5.74, 6) is 1.78. The van der Waals surface area contributed by atoms with Crippen LogP contribution in [0.1, 0.15) is 17.2 Å². The second-order valence-electron chi connectivity index (χ2n) is 7.99. The molecule has 4 rings (SSSR count). The average molecular weight is 509 g/mol. The summed E-state index contributed by atoms with van der Waals surface area (Å²) in [5.41, 5.74) is 2.19. The van der Waals surface area contributed by atoms with Crippen molar-refractivity contribution in [3.8, 4) is 23.0 Å². The molecule has 9 heteroatoms. The van der Waals surface area contributed by atoms with Crippen LogP contribution in [0.5, 0.6) is 23.0 Å². The fourth-order valence-electron chi connectivity index (χ4n) is 4.04. The number of nitrogens with zero attached hydrogens (tertiary/aromatic N) is 1. The number of carbonyl (C=O) groups is 2.